The van der Waals surface area contributed by atoms with E-state index in [1.807, 2.05) is 0 Å². The summed E-state index contributed by atoms with van der Waals surface area (Å²) in [7, 11) is 1.45. The van der Waals surface area contributed by atoms with E-state index in [2.05, 4.69) is 10.4 Å². The van der Waals surface area contributed by atoms with Crippen molar-refractivity contribution in [3.63, 3.8) is 0 Å². The first-order valence-corrected chi connectivity index (χ1v) is 9.43. The van der Waals surface area contributed by atoms with Crippen LogP contribution in [0.2, 0.25) is 10.0 Å². The highest BCUT2D eigenvalue weighted by molar-refractivity contribution is 6.42. The van der Waals surface area contributed by atoms with Crippen molar-refractivity contribution < 1.29 is 22.7 Å². The standard InChI is InChI=1S/C18H16Cl2F3N3O2/c1-26-11(7-14(25-26)18(21,22)23)15-12-4-5-13(28-12)16(15)17(27)24-8-2-3-9(19)10(20)6-8/h2-3,6-7,12-13,15-16H,4-5H2,1H3,(H,24,27)/t12-,13+,15+,16-/m0/s1. The van der Waals surface area contributed by atoms with Crippen LogP contribution in [-0.4, -0.2) is 27.9 Å². The average molecular weight is 434 g/mol. The number of benzene rings is 1. The average Bonchev–Trinajstić information content (AvgIpc) is 3.31. The zero-order valence-electron chi connectivity index (χ0n) is 14.6. The molecule has 2 saturated heterocycles. The van der Waals surface area contributed by atoms with Crippen LogP contribution in [0.25, 0.3) is 0 Å². The third kappa shape index (κ3) is 3.38. The van der Waals surface area contributed by atoms with Crippen LogP contribution in [0.4, 0.5) is 18.9 Å². The summed E-state index contributed by atoms with van der Waals surface area (Å²) in [5.41, 5.74) is -0.174. The lowest BCUT2D eigenvalue weighted by atomic mass is 9.76. The van der Waals surface area contributed by atoms with E-state index in [4.69, 9.17) is 27.9 Å². The number of alkyl halides is 3. The fourth-order valence-corrected chi connectivity index (χ4v) is 4.42. The number of rotatable bonds is 3. The van der Waals surface area contributed by atoms with Gasteiger partial charge in [0.15, 0.2) is 5.69 Å². The van der Waals surface area contributed by atoms with Crippen LogP contribution in [0.3, 0.4) is 0 Å². The van der Waals surface area contributed by atoms with Gasteiger partial charge in [-0.25, -0.2) is 0 Å². The van der Waals surface area contributed by atoms with Crippen molar-refractivity contribution in [2.45, 2.75) is 37.1 Å². The van der Waals surface area contributed by atoms with Crippen LogP contribution >= 0.6 is 23.2 Å². The van der Waals surface area contributed by atoms with Crippen molar-refractivity contribution >= 4 is 34.8 Å². The van der Waals surface area contributed by atoms with E-state index < -0.39 is 23.7 Å². The molecule has 150 valence electrons. The predicted octanol–water partition coefficient (Wildman–Crippen LogP) is 4.65. The molecule has 2 fully saturated rings. The maximum atomic E-state index is 13.1. The number of carbonyl (C=O) groups excluding carboxylic acids is 1. The molecular weight excluding hydrogens is 418 g/mol. The normalized spacial score (nSPS) is 26.6. The van der Waals surface area contributed by atoms with Gasteiger partial charge in [0.05, 0.1) is 28.2 Å². The SMILES string of the molecule is Cn1nc(C(F)(F)F)cc1[C@H]1[C@@H](C(=O)Nc2ccc(Cl)c(Cl)c2)[C@H]2CC[C@@H]1O2. The number of anilines is 1. The second-order valence-electron chi connectivity index (χ2n) is 7.04. The second kappa shape index (κ2) is 6.93. The number of nitrogens with one attached hydrogen (secondary N) is 1. The molecule has 10 heteroatoms. The van der Waals surface area contributed by atoms with E-state index in [-0.39, 0.29) is 18.1 Å². The summed E-state index contributed by atoms with van der Waals surface area (Å²) in [6.07, 6.45) is -3.83. The lowest BCUT2D eigenvalue weighted by Crippen LogP contribution is -2.36. The van der Waals surface area contributed by atoms with Crippen molar-refractivity contribution in [2.75, 3.05) is 5.32 Å². The molecule has 2 aromatic rings. The highest BCUT2D eigenvalue weighted by atomic mass is 35.5. The first-order valence-electron chi connectivity index (χ1n) is 8.67. The summed E-state index contributed by atoms with van der Waals surface area (Å²) in [6.45, 7) is 0. The number of aromatic nitrogens is 2. The van der Waals surface area contributed by atoms with E-state index in [1.165, 1.54) is 17.8 Å². The summed E-state index contributed by atoms with van der Waals surface area (Å²) in [4.78, 5) is 13.0. The first-order chi connectivity index (χ1) is 13.1. The molecule has 4 atom stereocenters. The van der Waals surface area contributed by atoms with Gasteiger partial charge in [-0.3, -0.25) is 9.48 Å². The van der Waals surface area contributed by atoms with E-state index in [9.17, 15) is 18.0 Å². The number of amides is 1. The number of hydrogen-bond acceptors (Lipinski definition) is 3. The smallest absolute Gasteiger partial charge is 0.373 e. The second-order valence-corrected chi connectivity index (χ2v) is 7.85. The summed E-state index contributed by atoms with van der Waals surface area (Å²) in [5.74, 6) is -1.45. The van der Waals surface area contributed by atoms with Crippen molar-refractivity contribution in [3.05, 3.63) is 45.7 Å². The molecule has 2 aliphatic rings. The van der Waals surface area contributed by atoms with E-state index in [0.29, 0.717) is 34.3 Å². The quantitative estimate of drug-likeness (QED) is 0.766. The van der Waals surface area contributed by atoms with Gasteiger partial charge in [0, 0.05) is 24.3 Å². The Balaban J connectivity index is 1.63. The Labute approximate surface area is 168 Å². The number of fused-ring (bicyclic) bond motifs is 2. The van der Waals surface area contributed by atoms with Crippen LogP contribution < -0.4 is 5.32 Å². The Morgan fingerprint density at radius 3 is 2.57 bits per heavy atom. The van der Waals surface area contributed by atoms with Gasteiger partial charge >= 0.3 is 6.18 Å². The zero-order chi connectivity index (χ0) is 20.2. The van der Waals surface area contributed by atoms with E-state index in [0.717, 1.165) is 6.07 Å². The molecule has 28 heavy (non-hydrogen) atoms. The fraction of sp³-hybridized carbons (Fsp3) is 0.444. The summed E-state index contributed by atoms with van der Waals surface area (Å²) < 4.78 is 46.2. The highest BCUT2D eigenvalue weighted by Crippen LogP contribution is 2.49. The Morgan fingerprint density at radius 1 is 1.21 bits per heavy atom. The molecule has 0 unspecified atom stereocenters. The van der Waals surface area contributed by atoms with Crippen LogP contribution in [0, 0.1) is 5.92 Å². The Hall–Kier alpha value is -1.77. The predicted molar refractivity (Wildman–Crippen MR) is 97.4 cm³/mol. The lowest BCUT2D eigenvalue weighted by molar-refractivity contribution is -0.141. The van der Waals surface area contributed by atoms with Crippen LogP contribution in [-0.2, 0) is 22.8 Å². The van der Waals surface area contributed by atoms with Gasteiger partial charge < -0.3 is 10.1 Å². The molecule has 0 spiro atoms. The van der Waals surface area contributed by atoms with Crippen LogP contribution in [0.1, 0.15) is 30.1 Å². The molecule has 2 aliphatic heterocycles. The Bertz CT molecular complexity index is 931. The summed E-state index contributed by atoms with van der Waals surface area (Å²) in [6, 6.07) is 5.71. The minimum Gasteiger partial charge on any atom is -0.373 e. The highest BCUT2D eigenvalue weighted by Gasteiger charge is 2.54. The summed E-state index contributed by atoms with van der Waals surface area (Å²) >= 11 is 11.9. The third-order valence-electron chi connectivity index (χ3n) is 5.31. The van der Waals surface area contributed by atoms with Crippen LogP contribution in [0.5, 0.6) is 0 Å². The van der Waals surface area contributed by atoms with Crippen molar-refractivity contribution in [2.24, 2.45) is 13.0 Å². The molecule has 0 radical (unpaired) electrons. The number of halogens is 5. The van der Waals surface area contributed by atoms with Crippen molar-refractivity contribution in [3.8, 4) is 0 Å². The van der Waals surface area contributed by atoms with Crippen molar-refractivity contribution in [1.29, 1.82) is 0 Å². The number of hydrogen-bond donors (Lipinski definition) is 1. The number of ether oxygens (including phenoxy) is 1. The van der Waals surface area contributed by atoms with Gasteiger partial charge in [-0.2, -0.15) is 18.3 Å². The molecule has 0 aliphatic carbocycles. The number of nitrogens with zero attached hydrogens (tertiary/aromatic N) is 2. The minimum atomic E-state index is -4.55. The largest absolute Gasteiger partial charge is 0.435 e. The maximum absolute atomic E-state index is 13.1. The molecule has 3 heterocycles. The van der Waals surface area contributed by atoms with E-state index in [1.54, 1.807) is 12.1 Å². The minimum absolute atomic E-state index is 0.293. The topological polar surface area (TPSA) is 56.2 Å². The molecule has 1 amide bonds. The lowest BCUT2D eigenvalue weighted by Gasteiger charge is -2.27. The molecule has 5 nitrogen and oxygen atoms in total. The fourth-order valence-electron chi connectivity index (χ4n) is 4.12. The molecular formula is C18H16Cl2F3N3O2. The molecule has 0 saturated carbocycles. The van der Waals surface area contributed by atoms with Gasteiger partial charge in [-0.05, 0) is 37.1 Å². The third-order valence-corrected chi connectivity index (χ3v) is 6.05. The molecule has 1 aromatic carbocycles. The zero-order valence-corrected chi connectivity index (χ0v) is 16.1. The Morgan fingerprint density at radius 2 is 1.93 bits per heavy atom. The van der Waals surface area contributed by atoms with Crippen LogP contribution in [0.15, 0.2) is 24.3 Å². The van der Waals surface area contributed by atoms with Gasteiger partial charge in [-0.15, -0.1) is 0 Å². The van der Waals surface area contributed by atoms with Gasteiger partial charge in [0.2, 0.25) is 5.91 Å². The van der Waals surface area contributed by atoms with Gasteiger partial charge in [-0.1, -0.05) is 23.2 Å². The summed E-state index contributed by atoms with van der Waals surface area (Å²) in [5, 5.41) is 7.01. The van der Waals surface area contributed by atoms with Crippen molar-refractivity contribution in [1.82, 2.24) is 9.78 Å². The van der Waals surface area contributed by atoms with Gasteiger partial charge in [0.25, 0.3) is 0 Å². The maximum Gasteiger partial charge on any atom is 0.435 e. The molecule has 1 N–H and O–H groups in total. The monoisotopic (exact) mass is 433 g/mol. The molecule has 4 rings (SSSR count). The van der Waals surface area contributed by atoms with Gasteiger partial charge in [0.1, 0.15) is 0 Å². The number of aryl methyl sites for hydroxylation is 1. The number of carbonyl (C=O) groups is 1. The molecule has 2 bridgehead atoms. The van der Waals surface area contributed by atoms with E-state index >= 15 is 0 Å². The first kappa shape index (κ1) is 19.5. The molecule has 1 aromatic heterocycles. The Kier molecular flexibility index (Phi) is 4.84.